The molecule has 0 aromatic rings. The van der Waals surface area contributed by atoms with Crippen LogP contribution in [-0.2, 0) is 24.0 Å². The van der Waals surface area contributed by atoms with Gasteiger partial charge < -0.3 is 20.4 Å². The Kier molecular flexibility index (Phi) is 6.16. The molecule has 9 nitrogen and oxygen atoms in total. The average Bonchev–Trinajstić information content (AvgIpc) is 2.42. The smallest absolute Gasteiger partial charge is 0.240 e. The number of ketones is 4. The summed E-state index contributed by atoms with van der Waals surface area (Å²) in [7, 11) is 0. The van der Waals surface area contributed by atoms with E-state index in [9.17, 15) is 44.4 Å². The lowest BCUT2D eigenvalue weighted by Gasteiger charge is -2.51. The lowest BCUT2D eigenvalue weighted by molar-refractivity contribution is -0.255. The molecule has 24 heavy (non-hydrogen) atoms. The van der Waals surface area contributed by atoms with Gasteiger partial charge in [0.05, 0.1) is 0 Å². The third-order valence-electron chi connectivity index (χ3n) is 4.25. The molecule has 0 aliphatic rings. The third kappa shape index (κ3) is 2.58. The Labute approximate surface area is 145 Å². The minimum absolute atomic E-state index is 0.563. The number of Topliss-reactive ketones (excluding diaryl/α,β-unsaturated/α-hetero) is 4. The van der Waals surface area contributed by atoms with Crippen molar-refractivity contribution in [1.82, 2.24) is 0 Å². The second-order valence-corrected chi connectivity index (χ2v) is 6.42. The van der Waals surface area contributed by atoms with Crippen molar-refractivity contribution in [3.8, 4) is 0 Å². The van der Waals surface area contributed by atoms with Gasteiger partial charge in [0.15, 0.2) is 34.3 Å². The van der Waals surface area contributed by atoms with Crippen LogP contribution >= 0.6 is 15.9 Å². The fourth-order valence-electron chi connectivity index (χ4n) is 2.51. The molecule has 0 spiro atoms. The van der Waals surface area contributed by atoms with Gasteiger partial charge in [-0.3, -0.25) is 24.0 Å². The minimum atomic E-state index is -3.85. The molecule has 4 atom stereocenters. The second kappa shape index (κ2) is 6.52. The van der Waals surface area contributed by atoms with Crippen LogP contribution in [0.4, 0.5) is 0 Å². The fourth-order valence-corrected chi connectivity index (χ4v) is 3.08. The van der Waals surface area contributed by atoms with E-state index in [0.717, 1.165) is 6.92 Å². The molecule has 0 amide bonds. The van der Waals surface area contributed by atoms with Crippen LogP contribution in [0.1, 0.15) is 34.6 Å². The SMILES string of the molecule is CC(=O)[C@](O)(C(=O)Br)[C@@](O)(C(C)=O)[C@](O)(C(C)=O)[C@](C)(O)C(C)=O. The van der Waals surface area contributed by atoms with E-state index >= 15 is 0 Å². The summed E-state index contributed by atoms with van der Waals surface area (Å²) in [5, 5.41) is 42.2. The molecular weight excluding hydrogens is 392 g/mol. The lowest BCUT2D eigenvalue weighted by atomic mass is 9.59. The molecule has 0 heterocycles. The number of carbonyl (C=O) groups is 5. The molecule has 0 rings (SSSR count). The molecule has 0 radical (unpaired) electrons. The molecule has 10 heteroatoms. The molecule has 0 aliphatic carbocycles. The van der Waals surface area contributed by atoms with Crippen LogP contribution in [-0.4, -0.2) is 70.7 Å². The molecule has 0 unspecified atom stereocenters. The maximum Gasteiger partial charge on any atom is 0.240 e. The first kappa shape index (κ1) is 22.7. The van der Waals surface area contributed by atoms with E-state index in [1.54, 1.807) is 0 Å². The molecular formula is C14H19BrO9. The molecule has 0 saturated carbocycles. The van der Waals surface area contributed by atoms with Crippen molar-refractivity contribution in [3.05, 3.63) is 0 Å². The van der Waals surface area contributed by atoms with Crippen LogP contribution in [0.15, 0.2) is 0 Å². The van der Waals surface area contributed by atoms with Crippen molar-refractivity contribution in [2.24, 2.45) is 0 Å². The maximum atomic E-state index is 12.1. The van der Waals surface area contributed by atoms with Gasteiger partial charge >= 0.3 is 0 Å². The molecule has 4 N–H and O–H groups in total. The minimum Gasteiger partial charge on any atom is -0.379 e. The van der Waals surface area contributed by atoms with Crippen molar-refractivity contribution in [1.29, 1.82) is 0 Å². The predicted octanol–water partition coefficient (Wildman–Crippen LogP) is -1.79. The van der Waals surface area contributed by atoms with Gasteiger partial charge in [-0.1, -0.05) is 0 Å². The van der Waals surface area contributed by atoms with Gasteiger partial charge in [-0.25, -0.2) is 0 Å². The molecule has 0 bridgehead atoms. The third-order valence-corrected chi connectivity index (χ3v) is 4.82. The van der Waals surface area contributed by atoms with Crippen molar-refractivity contribution in [3.63, 3.8) is 0 Å². The van der Waals surface area contributed by atoms with E-state index in [1.165, 1.54) is 0 Å². The van der Waals surface area contributed by atoms with E-state index < -0.39 is 50.2 Å². The molecule has 0 saturated heterocycles. The summed E-state index contributed by atoms with van der Waals surface area (Å²) < 4.78 is -1.65. The first-order chi connectivity index (χ1) is 10.5. The number of halogens is 1. The van der Waals surface area contributed by atoms with Gasteiger partial charge in [-0.2, -0.15) is 0 Å². The van der Waals surface area contributed by atoms with E-state index in [-0.39, 0.29) is 0 Å². The van der Waals surface area contributed by atoms with Gasteiger partial charge in [0.1, 0.15) is 0 Å². The normalized spacial score (nSPS) is 21.4. The number of rotatable bonds is 8. The Morgan fingerprint density at radius 1 is 0.667 bits per heavy atom. The molecule has 0 fully saturated rings. The second-order valence-electron chi connectivity index (χ2n) is 5.70. The lowest BCUT2D eigenvalue weighted by Crippen LogP contribution is -2.83. The Morgan fingerprint density at radius 2 is 1.00 bits per heavy atom. The number of carbonyl (C=O) groups excluding carboxylic acids is 5. The van der Waals surface area contributed by atoms with Gasteiger partial charge in [0.25, 0.3) is 0 Å². The summed E-state index contributed by atoms with van der Waals surface area (Å²) >= 11 is 2.24. The molecule has 136 valence electrons. The summed E-state index contributed by atoms with van der Waals surface area (Å²) in [4.78, 5) is 59.4. The highest BCUT2D eigenvalue weighted by molar-refractivity contribution is 9.18. The largest absolute Gasteiger partial charge is 0.379 e. The summed E-state index contributed by atoms with van der Waals surface area (Å²) in [5.41, 5.74) is -14.3. The summed E-state index contributed by atoms with van der Waals surface area (Å²) in [6, 6.07) is 0. The summed E-state index contributed by atoms with van der Waals surface area (Å²) in [6.45, 7) is 3.11. The van der Waals surface area contributed by atoms with Crippen LogP contribution in [0, 0.1) is 0 Å². The Morgan fingerprint density at radius 3 is 1.17 bits per heavy atom. The highest BCUT2D eigenvalue weighted by atomic mass is 79.9. The van der Waals surface area contributed by atoms with Crippen LogP contribution < -0.4 is 0 Å². The van der Waals surface area contributed by atoms with Crippen molar-refractivity contribution in [2.45, 2.75) is 57.0 Å². The summed E-state index contributed by atoms with van der Waals surface area (Å²) in [6.07, 6.45) is 0. The van der Waals surface area contributed by atoms with Gasteiger partial charge in [-0.05, 0) is 50.5 Å². The van der Waals surface area contributed by atoms with Crippen molar-refractivity contribution >= 4 is 43.8 Å². The topological polar surface area (TPSA) is 166 Å². The standard InChI is InChI=1S/C14H19BrO9/c1-6(16)11(5,21)13(23,8(3)18)14(24,9(4)19)12(22,7(2)17)10(15)20/h21-24H,1-5H3/t11-,12+,13+,14+/m1/s1. The predicted molar refractivity (Wildman–Crippen MR) is 82.1 cm³/mol. The van der Waals surface area contributed by atoms with Gasteiger partial charge in [-0.15, -0.1) is 0 Å². The zero-order valence-corrected chi connectivity index (χ0v) is 15.3. The number of hydrogen-bond acceptors (Lipinski definition) is 9. The zero-order valence-electron chi connectivity index (χ0n) is 13.7. The van der Waals surface area contributed by atoms with E-state index in [0.29, 0.717) is 27.7 Å². The Balaban J connectivity index is 7.31. The van der Waals surface area contributed by atoms with Gasteiger partial charge in [0, 0.05) is 0 Å². The van der Waals surface area contributed by atoms with Gasteiger partial charge in [0.2, 0.25) is 15.9 Å². The Bertz CT molecular complexity index is 610. The van der Waals surface area contributed by atoms with Crippen LogP contribution in [0.5, 0.6) is 0 Å². The Hall–Kier alpha value is -1.33. The van der Waals surface area contributed by atoms with Crippen molar-refractivity contribution < 1.29 is 44.4 Å². The van der Waals surface area contributed by atoms with Crippen LogP contribution in [0.2, 0.25) is 0 Å². The quantitative estimate of drug-likeness (QED) is 0.266. The molecule has 0 aromatic heterocycles. The highest BCUT2D eigenvalue weighted by Gasteiger charge is 2.77. The monoisotopic (exact) mass is 410 g/mol. The summed E-state index contributed by atoms with van der Waals surface area (Å²) in [5.74, 6) is -5.92. The molecule has 0 aliphatic heterocycles. The zero-order chi connectivity index (χ0) is 19.9. The fraction of sp³-hybridized carbons (Fsp3) is 0.643. The van der Waals surface area contributed by atoms with Crippen molar-refractivity contribution in [2.75, 3.05) is 0 Å². The van der Waals surface area contributed by atoms with Crippen LogP contribution in [0.3, 0.4) is 0 Å². The molecule has 0 aromatic carbocycles. The first-order valence-electron chi connectivity index (χ1n) is 6.60. The van der Waals surface area contributed by atoms with E-state index in [4.69, 9.17) is 0 Å². The van der Waals surface area contributed by atoms with Crippen LogP contribution in [0.25, 0.3) is 0 Å². The highest BCUT2D eigenvalue weighted by Crippen LogP contribution is 2.44. The maximum absolute atomic E-state index is 12.1. The number of hydrogen-bond donors (Lipinski definition) is 4. The van der Waals surface area contributed by atoms with E-state index in [2.05, 4.69) is 15.9 Å². The average molecular weight is 411 g/mol. The first-order valence-corrected chi connectivity index (χ1v) is 7.40. The van der Waals surface area contributed by atoms with E-state index in [1.807, 2.05) is 0 Å². The number of aliphatic hydroxyl groups is 4.